The number of amides is 1. The van der Waals surface area contributed by atoms with Gasteiger partial charge in [0, 0.05) is 50.4 Å². The average molecular weight is 333 g/mol. The highest BCUT2D eigenvalue weighted by atomic mass is 16.2. The number of carbonyl (C=O) groups excluding carboxylic acids is 1. The standard InChI is InChI=1S/C18H31N5O/c1-6-19-17(24)12-22-7-9-23(10-8-22)16-11-15(13(2)3)20-18(21-16)14(4)5/h11,13-14H,6-10,12H2,1-5H3,(H,19,24). The van der Waals surface area contributed by atoms with E-state index >= 15 is 0 Å². The van der Waals surface area contributed by atoms with Gasteiger partial charge in [0.25, 0.3) is 0 Å². The van der Waals surface area contributed by atoms with Crippen molar-refractivity contribution in [1.29, 1.82) is 0 Å². The molecule has 1 amide bonds. The molecule has 0 unspecified atom stereocenters. The van der Waals surface area contributed by atoms with Crippen LogP contribution in [0.5, 0.6) is 0 Å². The Bertz CT molecular complexity index is 524. The molecule has 0 saturated carbocycles. The third-order valence-corrected chi connectivity index (χ3v) is 4.30. The number of nitrogens with zero attached hydrogens (tertiary/aromatic N) is 4. The smallest absolute Gasteiger partial charge is 0.234 e. The molecule has 1 saturated heterocycles. The molecule has 1 aliphatic heterocycles. The largest absolute Gasteiger partial charge is 0.355 e. The topological polar surface area (TPSA) is 61.4 Å². The van der Waals surface area contributed by atoms with Crippen LogP contribution in [0.3, 0.4) is 0 Å². The van der Waals surface area contributed by atoms with Gasteiger partial charge in [0.05, 0.1) is 6.54 Å². The second-order valence-electron chi connectivity index (χ2n) is 7.04. The SMILES string of the molecule is CCNC(=O)CN1CCN(c2cc(C(C)C)nc(C(C)C)n2)CC1. The normalized spacial score (nSPS) is 16.0. The molecule has 1 aromatic rings. The maximum absolute atomic E-state index is 11.7. The first kappa shape index (κ1) is 18.6. The van der Waals surface area contributed by atoms with Crippen molar-refractivity contribution in [2.75, 3.05) is 44.2 Å². The first-order valence-electron chi connectivity index (χ1n) is 9.03. The van der Waals surface area contributed by atoms with Crippen LogP contribution in [0.4, 0.5) is 5.82 Å². The molecular weight excluding hydrogens is 302 g/mol. The van der Waals surface area contributed by atoms with Gasteiger partial charge in [-0.15, -0.1) is 0 Å². The average Bonchev–Trinajstić information content (AvgIpc) is 2.55. The number of rotatable bonds is 6. The van der Waals surface area contributed by atoms with E-state index in [0.717, 1.165) is 43.5 Å². The summed E-state index contributed by atoms with van der Waals surface area (Å²) >= 11 is 0. The van der Waals surface area contributed by atoms with Crippen molar-refractivity contribution in [2.45, 2.75) is 46.5 Å². The lowest BCUT2D eigenvalue weighted by atomic mass is 10.1. The lowest BCUT2D eigenvalue weighted by Crippen LogP contribution is -2.49. The monoisotopic (exact) mass is 333 g/mol. The first-order chi connectivity index (χ1) is 11.4. The van der Waals surface area contributed by atoms with Crippen LogP contribution in [0, 0.1) is 0 Å². The Balaban J connectivity index is 2.04. The van der Waals surface area contributed by atoms with Gasteiger partial charge in [-0.3, -0.25) is 9.69 Å². The lowest BCUT2D eigenvalue weighted by Gasteiger charge is -2.35. The summed E-state index contributed by atoms with van der Waals surface area (Å²) in [7, 11) is 0. The molecule has 6 heteroatoms. The predicted octanol–water partition coefficient (Wildman–Crippen LogP) is 1.98. The summed E-state index contributed by atoms with van der Waals surface area (Å²) in [6.07, 6.45) is 0. The van der Waals surface area contributed by atoms with E-state index in [0.29, 0.717) is 24.9 Å². The van der Waals surface area contributed by atoms with Crippen molar-refractivity contribution < 1.29 is 4.79 Å². The maximum Gasteiger partial charge on any atom is 0.234 e. The number of likely N-dealkylation sites (N-methyl/N-ethyl adjacent to an activating group) is 1. The third-order valence-electron chi connectivity index (χ3n) is 4.30. The molecule has 0 aliphatic carbocycles. The number of nitrogens with one attached hydrogen (secondary N) is 1. The Morgan fingerprint density at radius 1 is 1.12 bits per heavy atom. The van der Waals surface area contributed by atoms with E-state index in [2.05, 4.69) is 48.9 Å². The van der Waals surface area contributed by atoms with Crippen LogP contribution < -0.4 is 10.2 Å². The summed E-state index contributed by atoms with van der Waals surface area (Å²) in [4.78, 5) is 25.7. The molecule has 1 fully saturated rings. The van der Waals surface area contributed by atoms with Crippen LogP contribution in [-0.4, -0.2) is 60.0 Å². The minimum absolute atomic E-state index is 0.108. The fourth-order valence-corrected chi connectivity index (χ4v) is 2.78. The van der Waals surface area contributed by atoms with E-state index < -0.39 is 0 Å². The summed E-state index contributed by atoms with van der Waals surface area (Å²) in [6, 6.07) is 2.12. The van der Waals surface area contributed by atoms with Gasteiger partial charge in [-0.2, -0.15) is 0 Å². The fraction of sp³-hybridized carbons (Fsp3) is 0.722. The van der Waals surface area contributed by atoms with E-state index in [-0.39, 0.29) is 5.91 Å². The highest BCUT2D eigenvalue weighted by molar-refractivity contribution is 5.77. The van der Waals surface area contributed by atoms with E-state index in [9.17, 15) is 4.79 Å². The number of hydrogen-bond donors (Lipinski definition) is 1. The van der Waals surface area contributed by atoms with Crippen LogP contribution in [-0.2, 0) is 4.79 Å². The zero-order valence-corrected chi connectivity index (χ0v) is 15.7. The molecule has 24 heavy (non-hydrogen) atoms. The summed E-state index contributed by atoms with van der Waals surface area (Å²) in [5.74, 6) is 2.76. The predicted molar refractivity (Wildman–Crippen MR) is 97.5 cm³/mol. The molecule has 2 heterocycles. The van der Waals surface area contributed by atoms with Crippen LogP contribution >= 0.6 is 0 Å². The fourth-order valence-electron chi connectivity index (χ4n) is 2.78. The summed E-state index contributed by atoms with van der Waals surface area (Å²) in [5.41, 5.74) is 1.11. The minimum atomic E-state index is 0.108. The van der Waals surface area contributed by atoms with Crippen LogP contribution in [0.2, 0.25) is 0 Å². The van der Waals surface area contributed by atoms with Gasteiger partial charge < -0.3 is 10.2 Å². The van der Waals surface area contributed by atoms with Crippen molar-refractivity contribution in [2.24, 2.45) is 0 Å². The van der Waals surface area contributed by atoms with Gasteiger partial charge in [0.2, 0.25) is 5.91 Å². The molecule has 134 valence electrons. The number of anilines is 1. The molecule has 1 N–H and O–H groups in total. The van der Waals surface area contributed by atoms with Crippen molar-refractivity contribution in [1.82, 2.24) is 20.2 Å². The summed E-state index contributed by atoms with van der Waals surface area (Å²) < 4.78 is 0. The highest BCUT2D eigenvalue weighted by Crippen LogP contribution is 2.22. The van der Waals surface area contributed by atoms with Crippen LogP contribution in [0.15, 0.2) is 6.07 Å². The Morgan fingerprint density at radius 2 is 1.79 bits per heavy atom. The minimum Gasteiger partial charge on any atom is -0.355 e. The molecular formula is C18H31N5O. The number of carbonyl (C=O) groups is 1. The summed E-state index contributed by atoms with van der Waals surface area (Å²) in [5, 5.41) is 2.86. The zero-order valence-electron chi connectivity index (χ0n) is 15.7. The molecule has 0 atom stereocenters. The second kappa shape index (κ2) is 8.42. The van der Waals surface area contributed by atoms with Gasteiger partial charge in [-0.05, 0) is 12.8 Å². The number of hydrogen-bond acceptors (Lipinski definition) is 5. The molecule has 6 nitrogen and oxygen atoms in total. The highest BCUT2D eigenvalue weighted by Gasteiger charge is 2.21. The molecule has 1 aromatic heterocycles. The van der Waals surface area contributed by atoms with E-state index in [4.69, 9.17) is 9.97 Å². The number of aromatic nitrogens is 2. The van der Waals surface area contributed by atoms with E-state index in [1.165, 1.54) is 0 Å². The van der Waals surface area contributed by atoms with Gasteiger partial charge >= 0.3 is 0 Å². The molecule has 2 rings (SSSR count). The molecule has 0 aromatic carbocycles. The summed E-state index contributed by atoms with van der Waals surface area (Å²) in [6.45, 7) is 15.3. The molecule has 0 radical (unpaired) electrons. The van der Waals surface area contributed by atoms with E-state index in [1.807, 2.05) is 6.92 Å². The van der Waals surface area contributed by atoms with Gasteiger partial charge in [0.1, 0.15) is 11.6 Å². The lowest BCUT2D eigenvalue weighted by molar-refractivity contribution is -0.122. The molecule has 0 bridgehead atoms. The van der Waals surface area contributed by atoms with Crippen molar-refractivity contribution in [3.05, 3.63) is 17.6 Å². The Labute approximate surface area is 145 Å². The quantitative estimate of drug-likeness (QED) is 0.862. The van der Waals surface area contributed by atoms with E-state index in [1.54, 1.807) is 0 Å². The maximum atomic E-state index is 11.7. The second-order valence-corrected chi connectivity index (χ2v) is 7.04. The van der Waals surface area contributed by atoms with Gasteiger partial charge in [-0.1, -0.05) is 27.7 Å². The Hall–Kier alpha value is -1.69. The Morgan fingerprint density at radius 3 is 2.33 bits per heavy atom. The zero-order chi connectivity index (χ0) is 17.7. The number of piperazine rings is 1. The van der Waals surface area contributed by atoms with Crippen LogP contribution in [0.1, 0.15) is 58.0 Å². The van der Waals surface area contributed by atoms with Crippen molar-refractivity contribution >= 4 is 11.7 Å². The van der Waals surface area contributed by atoms with Crippen molar-refractivity contribution in [3.63, 3.8) is 0 Å². The van der Waals surface area contributed by atoms with Gasteiger partial charge in [-0.25, -0.2) is 9.97 Å². The van der Waals surface area contributed by atoms with Gasteiger partial charge in [0.15, 0.2) is 0 Å². The molecule has 1 aliphatic rings. The van der Waals surface area contributed by atoms with Crippen LogP contribution in [0.25, 0.3) is 0 Å². The molecule has 0 spiro atoms. The van der Waals surface area contributed by atoms with Crippen molar-refractivity contribution in [3.8, 4) is 0 Å². The third kappa shape index (κ3) is 4.90. The first-order valence-corrected chi connectivity index (χ1v) is 9.03. The Kier molecular flexibility index (Phi) is 6.54.